The molecule has 0 saturated carbocycles. The van der Waals surface area contributed by atoms with Crippen molar-refractivity contribution in [2.45, 2.75) is 6.92 Å². The van der Waals surface area contributed by atoms with Crippen molar-refractivity contribution in [3.8, 4) is 11.1 Å². The molecule has 0 aliphatic heterocycles. The van der Waals surface area contributed by atoms with Gasteiger partial charge in [-0.3, -0.25) is 0 Å². The molecule has 0 radical (unpaired) electrons. The smallest absolute Gasteiger partial charge is 0.0499 e. The zero-order valence-corrected chi connectivity index (χ0v) is 12.3. The third-order valence-electron chi connectivity index (χ3n) is 2.42. The van der Waals surface area contributed by atoms with Crippen LogP contribution in [-0.4, -0.2) is 0 Å². The maximum Gasteiger partial charge on any atom is 0.0499 e. The fraction of sp³-hybridized carbons (Fsp3) is 0.0769. The zero-order valence-electron chi connectivity index (χ0n) is 8.60. The second kappa shape index (κ2) is 4.94. The van der Waals surface area contributed by atoms with Gasteiger partial charge in [-0.2, -0.15) is 0 Å². The highest BCUT2D eigenvalue weighted by molar-refractivity contribution is 14.1. The van der Waals surface area contributed by atoms with Gasteiger partial charge in [-0.05, 0) is 64.9 Å². The number of aryl methyl sites for hydroxylation is 1. The SMILES string of the molecule is Cc1cc(I)ccc1-c1c(Cl)cccc1Cl. The molecule has 0 nitrogen and oxygen atoms in total. The molecule has 2 aromatic rings. The molecule has 0 fully saturated rings. The maximum absolute atomic E-state index is 6.19. The molecular weight excluding hydrogens is 354 g/mol. The minimum absolute atomic E-state index is 0.691. The lowest BCUT2D eigenvalue weighted by Crippen LogP contribution is -1.86. The Balaban J connectivity index is 2.68. The predicted molar refractivity (Wildman–Crippen MR) is 79.4 cm³/mol. The van der Waals surface area contributed by atoms with Crippen molar-refractivity contribution in [1.82, 2.24) is 0 Å². The fourth-order valence-corrected chi connectivity index (χ4v) is 2.91. The molecule has 2 aromatic carbocycles. The Labute approximate surface area is 119 Å². The van der Waals surface area contributed by atoms with Gasteiger partial charge < -0.3 is 0 Å². The summed E-state index contributed by atoms with van der Waals surface area (Å²) in [5, 5.41) is 1.38. The summed E-state index contributed by atoms with van der Waals surface area (Å²) in [4.78, 5) is 0. The van der Waals surface area contributed by atoms with Crippen molar-refractivity contribution < 1.29 is 0 Å². The van der Waals surface area contributed by atoms with Crippen LogP contribution < -0.4 is 0 Å². The first-order valence-corrected chi connectivity index (χ1v) is 6.63. The van der Waals surface area contributed by atoms with E-state index in [1.807, 2.05) is 18.2 Å². The van der Waals surface area contributed by atoms with Crippen LogP contribution in [0, 0.1) is 10.5 Å². The average Bonchev–Trinajstić information content (AvgIpc) is 2.20. The summed E-state index contributed by atoms with van der Waals surface area (Å²) in [6.07, 6.45) is 0. The second-order valence-corrected chi connectivity index (χ2v) is 5.62. The van der Waals surface area contributed by atoms with Crippen LogP contribution in [0.1, 0.15) is 5.56 Å². The van der Waals surface area contributed by atoms with Gasteiger partial charge in [0, 0.05) is 19.2 Å². The quantitative estimate of drug-likeness (QED) is 0.581. The highest BCUT2D eigenvalue weighted by atomic mass is 127. The maximum atomic E-state index is 6.19. The van der Waals surface area contributed by atoms with Crippen molar-refractivity contribution in [1.29, 1.82) is 0 Å². The van der Waals surface area contributed by atoms with E-state index in [1.54, 1.807) is 0 Å². The van der Waals surface area contributed by atoms with Crippen LogP contribution in [0.3, 0.4) is 0 Å². The first kappa shape index (κ1) is 12.2. The van der Waals surface area contributed by atoms with Gasteiger partial charge in [0.15, 0.2) is 0 Å². The highest BCUT2D eigenvalue weighted by Gasteiger charge is 2.10. The standard InChI is InChI=1S/C13H9Cl2I/c1-8-7-9(16)5-6-10(8)13-11(14)3-2-4-12(13)15/h2-7H,1H3. The predicted octanol–water partition coefficient (Wildman–Crippen LogP) is 5.57. The summed E-state index contributed by atoms with van der Waals surface area (Å²) in [5.41, 5.74) is 3.19. The van der Waals surface area contributed by atoms with E-state index in [0.717, 1.165) is 11.1 Å². The Morgan fingerprint density at radius 1 is 1.00 bits per heavy atom. The largest absolute Gasteiger partial charge is 0.0836 e. The Morgan fingerprint density at radius 3 is 2.19 bits per heavy atom. The van der Waals surface area contributed by atoms with E-state index in [2.05, 4.69) is 47.7 Å². The summed E-state index contributed by atoms with van der Waals surface area (Å²) in [7, 11) is 0. The molecule has 0 aliphatic carbocycles. The summed E-state index contributed by atoms with van der Waals surface area (Å²) in [6, 6.07) is 11.8. The third kappa shape index (κ3) is 2.36. The number of hydrogen-bond donors (Lipinski definition) is 0. The lowest BCUT2D eigenvalue weighted by molar-refractivity contribution is 1.44. The van der Waals surface area contributed by atoms with E-state index >= 15 is 0 Å². The van der Waals surface area contributed by atoms with E-state index in [9.17, 15) is 0 Å². The van der Waals surface area contributed by atoms with E-state index < -0.39 is 0 Å². The monoisotopic (exact) mass is 362 g/mol. The van der Waals surface area contributed by atoms with Gasteiger partial charge in [0.05, 0.1) is 0 Å². The van der Waals surface area contributed by atoms with Crippen molar-refractivity contribution in [3.63, 3.8) is 0 Å². The Bertz CT molecular complexity index is 515. The van der Waals surface area contributed by atoms with Crippen LogP contribution in [0.15, 0.2) is 36.4 Å². The average molecular weight is 363 g/mol. The van der Waals surface area contributed by atoms with E-state index in [-0.39, 0.29) is 0 Å². The summed E-state index contributed by atoms with van der Waals surface area (Å²) in [6.45, 7) is 2.07. The molecule has 0 bridgehead atoms. The molecule has 0 spiro atoms. The lowest BCUT2D eigenvalue weighted by Gasteiger charge is -2.10. The highest BCUT2D eigenvalue weighted by Crippen LogP contribution is 2.36. The number of benzene rings is 2. The first-order valence-electron chi connectivity index (χ1n) is 4.80. The molecular formula is C13H9Cl2I. The van der Waals surface area contributed by atoms with Gasteiger partial charge in [0.25, 0.3) is 0 Å². The lowest BCUT2D eigenvalue weighted by atomic mass is 10.0. The van der Waals surface area contributed by atoms with Gasteiger partial charge >= 0.3 is 0 Å². The van der Waals surface area contributed by atoms with Gasteiger partial charge in [-0.1, -0.05) is 35.3 Å². The van der Waals surface area contributed by atoms with E-state index in [1.165, 1.54) is 9.13 Å². The number of rotatable bonds is 1. The minimum Gasteiger partial charge on any atom is -0.0836 e. The first-order chi connectivity index (χ1) is 7.59. The summed E-state index contributed by atoms with van der Waals surface area (Å²) >= 11 is 14.7. The molecule has 82 valence electrons. The Morgan fingerprint density at radius 2 is 1.62 bits per heavy atom. The molecule has 0 heterocycles. The van der Waals surface area contributed by atoms with Crippen LogP contribution in [0.25, 0.3) is 11.1 Å². The molecule has 0 unspecified atom stereocenters. The molecule has 0 aliphatic rings. The van der Waals surface area contributed by atoms with Crippen LogP contribution in [0.2, 0.25) is 10.0 Å². The topological polar surface area (TPSA) is 0 Å². The summed E-state index contributed by atoms with van der Waals surface area (Å²) < 4.78 is 1.21. The zero-order chi connectivity index (χ0) is 11.7. The van der Waals surface area contributed by atoms with Crippen molar-refractivity contribution >= 4 is 45.8 Å². The summed E-state index contributed by atoms with van der Waals surface area (Å²) in [5.74, 6) is 0. The molecule has 16 heavy (non-hydrogen) atoms. The molecule has 2 rings (SSSR count). The normalized spacial score (nSPS) is 10.5. The number of halogens is 3. The van der Waals surface area contributed by atoms with Gasteiger partial charge in [0.2, 0.25) is 0 Å². The molecule has 0 saturated heterocycles. The Hall–Kier alpha value is -0.250. The van der Waals surface area contributed by atoms with Crippen molar-refractivity contribution in [2.24, 2.45) is 0 Å². The van der Waals surface area contributed by atoms with Gasteiger partial charge in [0.1, 0.15) is 0 Å². The van der Waals surface area contributed by atoms with E-state index in [4.69, 9.17) is 23.2 Å². The fourth-order valence-electron chi connectivity index (χ4n) is 1.66. The number of hydrogen-bond acceptors (Lipinski definition) is 0. The van der Waals surface area contributed by atoms with Crippen LogP contribution >= 0.6 is 45.8 Å². The minimum atomic E-state index is 0.691. The second-order valence-electron chi connectivity index (χ2n) is 3.56. The van der Waals surface area contributed by atoms with Crippen molar-refractivity contribution in [3.05, 3.63) is 55.6 Å². The molecule has 0 N–H and O–H groups in total. The van der Waals surface area contributed by atoms with E-state index in [0.29, 0.717) is 10.0 Å². The van der Waals surface area contributed by atoms with Gasteiger partial charge in [-0.25, -0.2) is 0 Å². The molecule has 3 heteroatoms. The van der Waals surface area contributed by atoms with Crippen LogP contribution in [0.5, 0.6) is 0 Å². The Kier molecular flexibility index (Phi) is 3.77. The van der Waals surface area contributed by atoms with Gasteiger partial charge in [-0.15, -0.1) is 0 Å². The van der Waals surface area contributed by atoms with Crippen LogP contribution in [0.4, 0.5) is 0 Å². The van der Waals surface area contributed by atoms with Crippen molar-refractivity contribution in [2.75, 3.05) is 0 Å². The third-order valence-corrected chi connectivity index (χ3v) is 3.72. The molecule has 0 aromatic heterocycles. The molecule has 0 amide bonds. The molecule has 0 atom stereocenters. The van der Waals surface area contributed by atoms with Crippen LogP contribution in [-0.2, 0) is 0 Å².